The van der Waals surface area contributed by atoms with Crippen LogP contribution in [0, 0.1) is 0 Å². The molecule has 0 aromatic heterocycles. The van der Waals surface area contributed by atoms with Crippen molar-refractivity contribution in [3.05, 3.63) is 28.8 Å². The normalized spacial score (nSPS) is 11.2. The van der Waals surface area contributed by atoms with E-state index < -0.39 is 5.54 Å². The maximum absolute atomic E-state index is 11.8. The summed E-state index contributed by atoms with van der Waals surface area (Å²) in [6.45, 7) is 3.29. The lowest BCUT2D eigenvalue weighted by Crippen LogP contribution is -2.46. The van der Waals surface area contributed by atoms with E-state index in [9.17, 15) is 4.79 Å². The fraction of sp³-hybridized carbons (Fsp3) is 0.364. The SMILES string of the molecule is CC(C)(CO)NC(=O)c1ccc(N)cc1Cl. The Morgan fingerprint density at radius 1 is 1.56 bits per heavy atom. The Morgan fingerprint density at radius 3 is 2.69 bits per heavy atom. The molecule has 5 heteroatoms. The Bertz CT molecular complexity index is 405. The monoisotopic (exact) mass is 242 g/mol. The van der Waals surface area contributed by atoms with Crippen LogP contribution in [0.4, 0.5) is 5.69 Å². The fourth-order valence-corrected chi connectivity index (χ4v) is 1.40. The number of hydrogen-bond donors (Lipinski definition) is 3. The van der Waals surface area contributed by atoms with Crippen LogP contribution in [0.25, 0.3) is 0 Å². The minimum atomic E-state index is -0.679. The molecule has 4 nitrogen and oxygen atoms in total. The summed E-state index contributed by atoms with van der Waals surface area (Å²) in [6, 6.07) is 4.68. The standard InChI is InChI=1S/C11H15ClN2O2/c1-11(2,6-15)14-10(16)8-4-3-7(13)5-9(8)12/h3-5,15H,6,13H2,1-2H3,(H,14,16). The molecule has 1 amide bonds. The van der Waals surface area contributed by atoms with Gasteiger partial charge in [0.1, 0.15) is 0 Å². The molecule has 0 fully saturated rings. The lowest BCUT2D eigenvalue weighted by molar-refractivity contribution is 0.0869. The van der Waals surface area contributed by atoms with E-state index in [1.54, 1.807) is 26.0 Å². The number of benzene rings is 1. The van der Waals surface area contributed by atoms with Gasteiger partial charge in [-0.1, -0.05) is 11.6 Å². The third kappa shape index (κ3) is 3.12. The number of hydrogen-bond acceptors (Lipinski definition) is 3. The fourth-order valence-electron chi connectivity index (χ4n) is 1.13. The third-order valence-corrected chi connectivity index (χ3v) is 2.40. The second kappa shape index (κ2) is 4.72. The molecule has 0 saturated carbocycles. The molecule has 0 aliphatic rings. The van der Waals surface area contributed by atoms with E-state index in [-0.39, 0.29) is 12.5 Å². The molecule has 1 rings (SSSR count). The van der Waals surface area contributed by atoms with Gasteiger partial charge in [-0.25, -0.2) is 0 Å². The highest BCUT2D eigenvalue weighted by Crippen LogP contribution is 2.19. The maximum Gasteiger partial charge on any atom is 0.253 e. The number of rotatable bonds is 3. The van der Waals surface area contributed by atoms with Crippen LogP contribution in [0.3, 0.4) is 0 Å². The first-order chi connectivity index (χ1) is 7.35. The number of anilines is 1. The molecular formula is C11H15ClN2O2. The Hall–Kier alpha value is -1.26. The van der Waals surface area contributed by atoms with E-state index in [4.69, 9.17) is 22.4 Å². The lowest BCUT2D eigenvalue weighted by Gasteiger charge is -2.23. The maximum atomic E-state index is 11.8. The number of halogens is 1. The number of nitrogen functional groups attached to an aromatic ring is 1. The summed E-state index contributed by atoms with van der Waals surface area (Å²) in [6.07, 6.45) is 0. The number of nitrogens with one attached hydrogen (secondary N) is 1. The van der Waals surface area contributed by atoms with Crippen molar-refractivity contribution in [2.75, 3.05) is 12.3 Å². The number of aliphatic hydroxyl groups excluding tert-OH is 1. The van der Waals surface area contributed by atoms with E-state index in [2.05, 4.69) is 5.32 Å². The van der Waals surface area contributed by atoms with E-state index in [0.717, 1.165) is 0 Å². The van der Waals surface area contributed by atoms with Crippen molar-refractivity contribution in [1.82, 2.24) is 5.32 Å². The van der Waals surface area contributed by atoms with Gasteiger partial charge in [-0.2, -0.15) is 0 Å². The Morgan fingerprint density at radius 2 is 2.19 bits per heavy atom. The number of carbonyl (C=O) groups is 1. The summed E-state index contributed by atoms with van der Waals surface area (Å²) >= 11 is 5.89. The molecule has 0 unspecified atom stereocenters. The van der Waals surface area contributed by atoms with Gasteiger partial charge in [0.15, 0.2) is 0 Å². The number of nitrogens with two attached hydrogens (primary N) is 1. The van der Waals surface area contributed by atoms with Crippen LogP contribution < -0.4 is 11.1 Å². The van der Waals surface area contributed by atoms with Crippen molar-refractivity contribution in [3.8, 4) is 0 Å². The third-order valence-electron chi connectivity index (χ3n) is 2.08. The minimum absolute atomic E-state index is 0.147. The van der Waals surface area contributed by atoms with Crippen LogP contribution in [0.2, 0.25) is 5.02 Å². The van der Waals surface area contributed by atoms with Crippen molar-refractivity contribution in [3.63, 3.8) is 0 Å². The van der Waals surface area contributed by atoms with Crippen LogP contribution in [0.5, 0.6) is 0 Å². The first-order valence-corrected chi connectivity index (χ1v) is 5.22. The molecule has 0 heterocycles. The van der Waals surface area contributed by atoms with E-state index in [1.807, 2.05) is 0 Å². The predicted octanol–water partition coefficient (Wildman–Crippen LogP) is 1.42. The molecule has 0 saturated heterocycles. The van der Waals surface area contributed by atoms with Gasteiger partial charge in [-0.05, 0) is 32.0 Å². The molecule has 4 N–H and O–H groups in total. The highest BCUT2D eigenvalue weighted by atomic mass is 35.5. The van der Waals surface area contributed by atoms with Crippen LogP contribution in [-0.2, 0) is 0 Å². The van der Waals surface area contributed by atoms with Gasteiger partial charge in [0.05, 0.1) is 22.7 Å². The van der Waals surface area contributed by atoms with Gasteiger partial charge in [0.2, 0.25) is 0 Å². The zero-order valence-electron chi connectivity index (χ0n) is 9.25. The first-order valence-electron chi connectivity index (χ1n) is 4.84. The average molecular weight is 243 g/mol. The summed E-state index contributed by atoms with van der Waals surface area (Å²) in [5.41, 5.74) is 5.69. The molecule has 0 spiro atoms. The largest absolute Gasteiger partial charge is 0.399 e. The van der Waals surface area contributed by atoms with Gasteiger partial charge in [0, 0.05) is 5.69 Å². The molecule has 0 bridgehead atoms. The van der Waals surface area contributed by atoms with E-state index in [1.165, 1.54) is 6.07 Å². The van der Waals surface area contributed by atoms with Gasteiger partial charge in [0.25, 0.3) is 5.91 Å². The quantitative estimate of drug-likeness (QED) is 0.702. The second-order valence-corrected chi connectivity index (χ2v) is 4.64. The van der Waals surface area contributed by atoms with Gasteiger partial charge in [-0.15, -0.1) is 0 Å². The number of aliphatic hydroxyl groups is 1. The van der Waals surface area contributed by atoms with Crippen LogP contribution in [0.15, 0.2) is 18.2 Å². The molecule has 0 atom stereocenters. The summed E-state index contributed by atoms with van der Waals surface area (Å²) in [5.74, 6) is -0.330. The summed E-state index contributed by atoms with van der Waals surface area (Å²) in [4.78, 5) is 11.8. The second-order valence-electron chi connectivity index (χ2n) is 4.24. The van der Waals surface area contributed by atoms with E-state index in [0.29, 0.717) is 16.3 Å². The average Bonchev–Trinajstić information content (AvgIpc) is 2.16. The minimum Gasteiger partial charge on any atom is -0.399 e. The molecular weight excluding hydrogens is 228 g/mol. The summed E-state index contributed by atoms with van der Waals surface area (Å²) < 4.78 is 0. The molecule has 0 aliphatic heterocycles. The molecule has 0 radical (unpaired) electrons. The van der Waals surface area contributed by atoms with Gasteiger partial charge in [-0.3, -0.25) is 4.79 Å². The first kappa shape index (κ1) is 12.8. The van der Waals surface area contributed by atoms with Crippen LogP contribution in [0.1, 0.15) is 24.2 Å². The number of amides is 1. The van der Waals surface area contributed by atoms with Gasteiger partial charge >= 0.3 is 0 Å². The predicted molar refractivity (Wildman–Crippen MR) is 64.5 cm³/mol. The zero-order valence-corrected chi connectivity index (χ0v) is 10.0. The summed E-state index contributed by atoms with van der Waals surface area (Å²) in [7, 11) is 0. The van der Waals surface area contributed by atoms with Crippen molar-refractivity contribution in [2.45, 2.75) is 19.4 Å². The van der Waals surface area contributed by atoms with E-state index >= 15 is 0 Å². The molecule has 16 heavy (non-hydrogen) atoms. The molecule has 1 aromatic carbocycles. The van der Waals surface area contributed by atoms with Crippen LogP contribution in [-0.4, -0.2) is 23.2 Å². The van der Waals surface area contributed by atoms with Crippen molar-refractivity contribution >= 4 is 23.2 Å². The zero-order chi connectivity index (χ0) is 12.3. The van der Waals surface area contributed by atoms with Crippen LogP contribution >= 0.6 is 11.6 Å². The highest BCUT2D eigenvalue weighted by Gasteiger charge is 2.21. The van der Waals surface area contributed by atoms with Gasteiger partial charge < -0.3 is 16.2 Å². The summed E-state index contributed by atoms with van der Waals surface area (Å²) in [5, 5.41) is 12.0. The topological polar surface area (TPSA) is 75.3 Å². The Labute approximate surface area is 99.4 Å². The Balaban J connectivity index is 2.89. The highest BCUT2D eigenvalue weighted by molar-refractivity contribution is 6.34. The molecule has 1 aromatic rings. The molecule has 88 valence electrons. The van der Waals surface area contributed by atoms with Crippen molar-refractivity contribution in [2.24, 2.45) is 0 Å². The smallest absolute Gasteiger partial charge is 0.253 e. The van der Waals surface area contributed by atoms with Crippen molar-refractivity contribution < 1.29 is 9.90 Å². The number of carbonyl (C=O) groups excluding carboxylic acids is 1. The van der Waals surface area contributed by atoms with Crippen molar-refractivity contribution in [1.29, 1.82) is 0 Å². The lowest BCUT2D eigenvalue weighted by atomic mass is 10.1. The molecule has 0 aliphatic carbocycles. The Kier molecular flexibility index (Phi) is 3.78.